The summed E-state index contributed by atoms with van der Waals surface area (Å²) < 4.78 is 4.92. The molecule has 9 heteroatoms. The zero-order valence-corrected chi connectivity index (χ0v) is 14.3. The van der Waals surface area contributed by atoms with Crippen LogP contribution in [0.2, 0.25) is 0 Å². The number of nitrogens with one attached hydrogen (secondary N) is 2. The van der Waals surface area contributed by atoms with E-state index in [9.17, 15) is 14.4 Å². The summed E-state index contributed by atoms with van der Waals surface area (Å²) in [5, 5.41) is 8.58. The molecular weight excluding hydrogens is 320 g/mol. The maximum absolute atomic E-state index is 12.0. The van der Waals surface area contributed by atoms with E-state index in [1.807, 2.05) is 0 Å². The molecule has 1 unspecified atom stereocenters. The molecular formula is C14H20N4O4S. The van der Waals surface area contributed by atoms with Gasteiger partial charge in [0.1, 0.15) is 5.54 Å². The molecule has 1 fully saturated rings. The first-order chi connectivity index (χ1) is 10.7. The second-order valence-electron chi connectivity index (χ2n) is 5.85. The molecule has 0 aliphatic carbocycles. The Kier molecular flexibility index (Phi) is 4.98. The fourth-order valence-corrected chi connectivity index (χ4v) is 2.91. The van der Waals surface area contributed by atoms with Gasteiger partial charge in [-0.05, 0) is 27.7 Å². The van der Waals surface area contributed by atoms with E-state index < -0.39 is 11.6 Å². The summed E-state index contributed by atoms with van der Waals surface area (Å²) in [5.41, 5.74) is -0.184. The maximum Gasteiger partial charge on any atom is 0.325 e. The Morgan fingerprint density at radius 1 is 1.52 bits per heavy atom. The Morgan fingerprint density at radius 2 is 2.22 bits per heavy atom. The molecule has 8 nitrogen and oxygen atoms in total. The molecule has 0 radical (unpaired) electrons. The van der Waals surface area contributed by atoms with Crippen molar-refractivity contribution in [2.24, 2.45) is 0 Å². The maximum atomic E-state index is 12.0. The molecule has 1 aliphatic heterocycles. The highest BCUT2D eigenvalue weighted by Crippen LogP contribution is 2.19. The number of imide groups is 1. The van der Waals surface area contributed by atoms with E-state index >= 15 is 0 Å². The van der Waals surface area contributed by atoms with E-state index in [0.717, 1.165) is 0 Å². The first-order valence-electron chi connectivity index (χ1n) is 7.20. The molecule has 1 atom stereocenters. The van der Waals surface area contributed by atoms with Crippen LogP contribution in [0.25, 0.3) is 0 Å². The van der Waals surface area contributed by atoms with Crippen LogP contribution in [-0.2, 0) is 9.59 Å². The molecule has 126 valence electrons. The highest BCUT2D eigenvalue weighted by Gasteiger charge is 2.43. The normalized spacial score (nSPS) is 18.0. The van der Waals surface area contributed by atoms with Crippen LogP contribution < -0.4 is 10.6 Å². The predicted octanol–water partition coefficient (Wildman–Crippen LogP) is 1.37. The van der Waals surface area contributed by atoms with E-state index in [-0.39, 0.29) is 23.6 Å². The molecule has 2 heterocycles. The third kappa shape index (κ3) is 4.04. The SMILES string of the molecule is Cc1cc(NC(=O)C(C)SCCN2C(=O)NC(C)(C)C2=O)on1. The zero-order chi connectivity index (χ0) is 17.2. The van der Waals surface area contributed by atoms with Crippen molar-refractivity contribution in [1.82, 2.24) is 15.4 Å². The van der Waals surface area contributed by atoms with E-state index in [2.05, 4.69) is 15.8 Å². The minimum Gasteiger partial charge on any atom is -0.338 e. The number of thioether (sulfide) groups is 1. The highest BCUT2D eigenvalue weighted by molar-refractivity contribution is 8.00. The number of aryl methyl sites for hydroxylation is 1. The lowest BCUT2D eigenvalue weighted by molar-refractivity contribution is -0.130. The van der Waals surface area contributed by atoms with Gasteiger partial charge >= 0.3 is 6.03 Å². The number of aromatic nitrogens is 1. The zero-order valence-electron chi connectivity index (χ0n) is 13.5. The van der Waals surface area contributed by atoms with Crippen LogP contribution in [0.5, 0.6) is 0 Å². The third-order valence-corrected chi connectivity index (χ3v) is 4.50. The fourth-order valence-electron chi connectivity index (χ4n) is 2.06. The smallest absolute Gasteiger partial charge is 0.325 e. The van der Waals surface area contributed by atoms with Crippen LogP contribution in [0.1, 0.15) is 26.5 Å². The fraction of sp³-hybridized carbons (Fsp3) is 0.571. The summed E-state index contributed by atoms with van der Waals surface area (Å²) in [7, 11) is 0. The lowest BCUT2D eigenvalue weighted by atomic mass is 10.1. The Bertz CT molecular complexity index is 628. The Hall–Kier alpha value is -2.03. The highest BCUT2D eigenvalue weighted by atomic mass is 32.2. The van der Waals surface area contributed by atoms with Crippen molar-refractivity contribution >= 4 is 35.5 Å². The van der Waals surface area contributed by atoms with Gasteiger partial charge in [0.2, 0.25) is 11.8 Å². The monoisotopic (exact) mass is 340 g/mol. The van der Waals surface area contributed by atoms with Crippen LogP contribution in [0.3, 0.4) is 0 Å². The van der Waals surface area contributed by atoms with Crippen molar-refractivity contribution < 1.29 is 18.9 Å². The molecule has 0 saturated carbocycles. The second-order valence-corrected chi connectivity index (χ2v) is 7.30. The van der Waals surface area contributed by atoms with Gasteiger partial charge in [-0.1, -0.05) is 5.16 Å². The van der Waals surface area contributed by atoms with Gasteiger partial charge in [0.15, 0.2) is 0 Å². The van der Waals surface area contributed by atoms with Gasteiger partial charge in [0.05, 0.1) is 10.9 Å². The predicted molar refractivity (Wildman–Crippen MR) is 86.1 cm³/mol. The van der Waals surface area contributed by atoms with Crippen molar-refractivity contribution in [3.63, 3.8) is 0 Å². The van der Waals surface area contributed by atoms with E-state index in [0.29, 0.717) is 17.3 Å². The number of nitrogens with zero attached hydrogens (tertiary/aromatic N) is 2. The summed E-state index contributed by atoms with van der Waals surface area (Å²) >= 11 is 1.35. The average molecular weight is 340 g/mol. The molecule has 23 heavy (non-hydrogen) atoms. The number of hydrogen-bond donors (Lipinski definition) is 2. The standard InChI is InChI=1S/C14H20N4O4S/c1-8-7-10(22-17-8)15-11(19)9(2)23-6-5-18-12(20)14(3,4)16-13(18)21/h7,9H,5-6H2,1-4H3,(H,15,19)(H,16,21). The lowest BCUT2D eigenvalue weighted by Crippen LogP contribution is -2.40. The second kappa shape index (κ2) is 6.61. The number of anilines is 1. The summed E-state index contributed by atoms with van der Waals surface area (Å²) in [6, 6.07) is 1.24. The largest absolute Gasteiger partial charge is 0.338 e. The average Bonchev–Trinajstić information content (AvgIpc) is 2.94. The van der Waals surface area contributed by atoms with Crippen LogP contribution in [0, 0.1) is 6.92 Å². The van der Waals surface area contributed by atoms with Crippen molar-refractivity contribution in [1.29, 1.82) is 0 Å². The number of urea groups is 1. The van der Waals surface area contributed by atoms with E-state index in [1.54, 1.807) is 33.8 Å². The third-order valence-electron chi connectivity index (χ3n) is 3.37. The minimum absolute atomic E-state index is 0.219. The van der Waals surface area contributed by atoms with Gasteiger partial charge < -0.3 is 9.84 Å². The van der Waals surface area contributed by atoms with E-state index in [1.165, 1.54) is 16.7 Å². The minimum atomic E-state index is -0.866. The molecule has 0 spiro atoms. The summed E-state index contributed by atoms with van der Waals surface area (Å²) in [6.45, 7) is 7.10. The van der Waals surface area contributed by atoms with Crippen molar-refractivity contribution in [3.05, 3.63) is 11.8 Å². The molecule has 1 aromatic rings. The molecule has 1 aromatic heterocycles. The van der Waals surface area contributed by atoms with Gasteiger partial charge in [-0.15, -0.1) is 11.8 Å². The molecule has 0 bridgehead atoms. The van der Waals surface area contributed by atoms with E-state index in [4.69, 9.17) is 4.52 Å². The Labute approximate surface area is 138 Å². The number of rotatable bonds is 6. The topological polar surface area (TPSA) is 105 Å². The van der Waals surface area contributed by atoms with Crippen molar-refractivity contribution in [2.45, 2.75) is 38.5 Å². The Morgan fingerprint density at radius 3 is 2.74 bits per heavy atom. The van der Waals surface area contributed by atoms with Crippen LogP contribution in [0.4, 0.5) is 10.7 Å². The molecule has 2 N–H and O–H groups in total. The van der Waals surface area contributed by atoms with Crippen LogP contribution >= 0.6 is 11.8 Å². The van der Waals surface area contributed by atoms with Gasteiger partial charge in [-0.3, -0.25) is 19.8 Å². The van der Waals surface area contributed by atoms with Crippen molar-refractivity contribution in [3.8, 4) is 0 Å². The van der Waals surface area contributed by atoms with Crippen LogP contribution in [-0.4, -0.2) is 51.0 Å². The Balaban J connectivity index is 1.78. The molecule has 0 aromatic carbocycles. The first-order valence-corrected chi connectivity index (χ1v) is 8.25. The number of carbonyl (C=O) groups is 3. The summed E-state index contributed by atoms with van der Waals surface area (Å²) in [5.74, 6) is 0.302. The number of amides is 4. The molecule has 4 amide bonds. The number of carbonyl (C=O) groups excluding carboxylic acids is 3. The van der Waals surface area contributed by atoms with Crippen LogP contribution in [0.15, 0.2) is 10.6 Å². The first kappa shape index (κ1) is 17.3. The van der Waals surface area contributed by atoms with Gasteiger partial charge in [-0.25, -0.2) is 4.79 Å². The lowest BCUT2D eigenvalue weighted by Gasteiger charge is -2.16. The molecule has 1 aliphatic rings. The molecule has 2 rings (SSSR count). The summed E-state index contributed by atoms with van der Waals surface area (Å²) in [6.07, 6.45) is 0. The molecule has 1 saturated heterocycles. The van der Waals surface area contributed by atoms with Gasteiger partial charge in [0.25, 0.3) is 5.91 Å². The summed E-state index contributed by atoms with van der Waals surface area (Å²) in [4.78, 5) is 36.9. The van der Waals surface area contributed by atoms with Gasteiger partial charge in [-0.2, -0.15) is 0 Å². The quantitative estimate of drug-likeness (QED) is 0.758. The number of hydrogen-bond acceptors (Lipinski definition) is 6. The van der Waals surface area contributed by atoms with Crippen molar-refractivity contribution in [2.75, 3.05) is 17.6 Å². The van der Waals surface area contributed by atoms with Gasteiger partial charge in [0, 0.05) is 18.4 Å².